The van der Waals surface area contributed by atoms with Crippen LogP contribution < -0.4 is 25.4 Å². The van der Waals surface area contributed by atoms with E-state index in [1.165, 1.54) is 7.11 Å². The van der Waals surface area contributed by atoms with Gasteiger partial charge >= 0.3 is 12.1 Å². The molecule has 2 aromatic carbocycles. The van der Waals surface area contributed by atoms with Gasteiger partial charge in [-0.05, 0) is 61.4 Å². The van der Waals surface area contributed by atoms with Crippen molar-refractivity contribution in [3.05, 3.63) is 87.4 Å². The number of carboxylic acid groups (broad SMARTS) is 1. The number of ether oxygens (including phenoxy) is 2. The third kappa shape index (κ3) is 8.12. The minimum Gasteiger partial charge on any atom is -0.481 e. The van der Waals surface area contributed by atoms with Crippen LogP contribution in [0.15, 0.2) is 54.6 Å². The van der Waals surface area contributed by atoms with Gasteiger partial charge in [0.05, 0.1) is 48.6 Å². The number of rotatable bonds is 14. The molecule has 0 bridgehead atoms. The van der Waals surface area contributed by atoms with Crippen LogP contribution in [0.3, 0.4) is 0 Å². The molecular weight excluding hydrogens is 699 g/mol. The number of aliphatic carboxylic acids is 1. The Hall–Kier alpha value is -4.43. The third-order valence-electron chi connectivity index (χ3n) is 9.62. The van der Waals surface area contributed by atoms with Gasteiger partial charge in [-0.3, -0.25) is 4.79 Å². The highest BCUT2D eigenvalue weighted by atomic mass is 35.5. The maximum atomic E-state index is 14.4. The summed E-state index contributed by atoms with van der Waals surface area (Å²) in [5.74, 6) is -0.884. The summed E-state index contributed by atoms with van der Waals surface area (Å²) in [4.78, 5) is 19.9. The number of carboxylic acids is 1. The Morgan fingerprint density at radius 2 is 1.67 bits per heavy atom. The lowest BCUT2D eigenvalue weighted by Crippen LogP contribution is -2.51. The highest BCUT2D eigenvalue weighted by Crippen LogP contribution is 2.45. The van der Waals surface area contributed by atoms with Gasteiger partial charge in [0.2, 0.25) is 11.8 Å². The van der Waals surface area contributed by atoms with Gasteiger partial charge in [-0.25, -0.2) is 4.98 Å². The van der Waals surface area contributed by atoms with Crippen LogP contribution in [-0.4, -0.2) is 58.6 Å². The molecule has 0 spiro atoms. The van der Waals surface area contributed by atoms with Crippen LogP contribution in [0, 0.1) is 0 Å². The maximum absolute atomic E-state index is 14.4. The molecule has 1 saturated carbocycles. The van der Waals surface area contributed by atoms with Crippen molar-refractivity contribution in [3.63, 3.8) is 0 Å². The van der Waals surface area contributed by atoms with Gasteiger partial charge in [0, 0.05) is 47.9 Å². The Kier molecular flexibility index (Phi) is 11.0. The predicted molar refractivity (Wildman–Crippen MR) is 192 cm³/mol. The standard InChI is InChI=1S/C38H41ClF3N5O5/c1-37(50)17-23(18-37)44-20-21-10-12-31(46-35(21)51-2)28-9-5-8-27(33(28)39)24-6-4-7-26-25(24)11-13-30(26)45-34-29(38(40,41)42)16-22(36(47-34)52-3)19-43-15-14-32(48)49/h4-10,12,16,23,30,43-44,50H,11,13-15,17-20H2,1-3H3,(H,45,47)(H,48,49)/t23?,30-,37?/m0/s1. The van der Waals surface area contributed by atoms with Crippen molar-refractivity contribution in [2.24, 2.45) is 0 Å². The number of benzene rings is 2. The Balaban J connectivity index is 1.25. The SMILES string of the molecule is COc1nc(-c2cccc(-c3cccc4c3CC[C@@H]4Nc3nc(OC)c(CNCCC(=O)O)cc3C(F)(F)F)c2Cl)ccc1CNC1CC(C)(O)C1. The second-order valence-electron chi connectivity index (χ2n) is 13.5. The molecule has 4 aromatic rings. The molecule has 14 heteroatoms. The summed E-state index contributed by atoms with van der Waals surface area (Å²) in [5, 5.41) is 28.7. The van der Waals surface area contributed by atoms with Crippen LogP contribution in [-0.2, 0) is 30.5 Å². The van der Waals surface area contributed by atoms with Gasteiger partial charge in [0.1, 0.15) is 5.82 Å². The summed E-state index contributed by atoms with van der Waals surface area (Å²) in [5.41, 5.74) is 4.29. The summed E-state index contributed by atoms with van der Waals surface area (Å²) in [6.45, 7) is 2.41. The zero-order valence-electron chi connectivity index (χ0n) is 29.0. The molecule has 0 amide bonds. The molecule has 0 unspecified atom stereocenters. The fourth-order valence-corrected chi connectivity index (χ4v) is 7.40. The molecule has 6 rings (SSSR count). The molecule has 5 N–H and O–H groups in total. The molecule has 2 aliphatic rings. The van der Waals surface area contributed by atoms with Gasteiger partial charge in [-0.15, -0.1) is 0 Å². The number of fused-ring (bicyclic) bond motifs is 1. The molecule has 0 radical (unpaired) electrons. The number of anilines is 1. The number of aliphatic hydroxyl groups is 1. The summed E-state index contributed by atoms with van der Waals surface area (Å²) in [7, 11) is 2.90. The van der Waals surface area contributed by atoms with Crippen molar-refractivity contribution >= 4 is 23.4 Å². The van der Waals surface area contributed by atoms with Crippen LogP contribution in [0.5, 0.6) is 11.8 Å². The quantitative estimate of drug-likeness (QED) is 0.0847. The summed E-state index contributed by atoms with van der Waals surface area (Å²) >= 11 is 7.10. The minimum absolute atomic E-state index is 0.0102. The van der Waals surface area contributed by atoms with Crippen LogP contribution in [0.4, 0.5) is 19.0 Å². The van der Waals surface area contributed by atoms with E-state index in [0.29, 0.717) is 54.4 Å². The van der Waals surface area contributed by atoms with Crippen LogP contribution in [0.2, 0.25) is 5.02 Å². The number of aromatic nitrogens is 2. The van der Waals surface area contributed by atoms with Gasteiger partial charge in [0.15, 0.2) is 0 Å². The molecule has 52 heavy (non-hydrogen) atoms. The molecular formula is C38H41ClF3N5O5. The molecule has 0 aliphatic heterocycles. The Morgan fingerprint density at radius 1 is 0.981 bits per heavy atom. The van der Waals surface area contributed by atoms with Gasteiger partial charge < -0.3 is 35.6 Å². The highest BCUT2D eigenvalue weighted by Gasteiger charge is 2.39. The molecule has 2 aromatic heterocycles. The van der Waals surface area contributed by atoms with Gasteiger partial charge in [-0.2, -0.15) is 18.2 Å². The van der Waals surface area contributed by atoms with Crippen molar-refractivity contribution in [1.29, 1.82) is 0 Å². The molecule has 2 aliphatic carbocycles. The molecule has 276 valence electrons. The van der Waals surface area contributed by atoms with Crippen molar-refractivity contribution < 1.29 is 37.7 Å². The first-order chi connectivity index (χ1) is 24.8. The number of hydrogen-bond donors (Lipinski definition) is 5. The number of nitrogens with zero attached hydrogens (tertiary/aromatic N) is 2. The lowest BCUT2D eigenvalue weighted by atomic mass is 9.77. The minimum atomic E-state index is -4.71. The Bertz CT molecular complexity index is 1950. The molecule has 1 fully saturated rings. The van der Waals surface area contributed by atoms with Gasteiger partial charge in [-0.1, -0.05) is 54.1 Å². The second-order valence-corrected chi connectivity index (χ2v) is 13.9. The summed E-state index contributed by atoms with van der Waals surface area (Å²) in [6.07, 6.45) is -2.39. The van der Waals surface area contributed by atoms with E-state index in [0.717, 1.165) is 33.9 Å². The zero-order valence-corrected chi connectivity index (χ0v) is 29.8. The fourth-order valence-electron chi connectivity index (χ4n) is 7.08. The molecule has 2 heterocycles. The number of carbonyl (C=O) groups is 1. The molecule has 1 atom stereocenters. The summed E-state index contributed by atoms with van der Waals surface area (Å²) in [6, 6.07) is 16.0. The van der Waals surface area contributed by atoms with Crippen molar-refractivity contribution in [1.82, 2.24) is 20.6 Å². The zero-order chi connectivity index (χ0) is 37.2. The van der Waals surface area contributed by atoms with Gasteiger partial charge in [0.25, 0.3) is 0 Å². The first-order valence-electron chi connectivity index (χ1n) is 17.0. The third-order valence-corrected chi connectivity index (χ3v) is 10.0. The van der Waals surface area contributed by atoms with E-state index in [1.54, 1.807) is 7.11 Å². The number of pyridine rings is 2. The monoisotopic (exact) mass is 739 g/mol. The normalized spacial score (nSPS) is 19.5. The number of nitrogens with one attached hydrogen (secondary N) is 3. The van der Waals surface area contributed by atoms with E-state index >= 15 is 0 Å². The number of hydrogen-bond acceptors (Lipinski definition) is 9. The van der Waals surface area contributed by atoms with Crippen LogP contribution in [0.25, 0.3) is 22.4 Å². The van der Waals surface area contributed by atoms with E-state index in [1.807, 2.05) is 55.5 Å². The van der Waals surface area contributed by atoms with Crippen molar-refractivity contribution in [2.75, 3.05) is 26.1 Å². The maximum Gasteiger partial charge on any atom is 0.419 e. The average Bonchev–Trinajstić information content (AvgIpc) is 3.50. The number of methoxy groups -OCH3 is 2. The molecule has 10 nitrogen and oxygen atoms in total. The van der Waals surface area contributed by atoms with E-state index in [-0.39, 0.29) is 42.8 Å². The lowest BCUT2D eigenvalue weighted by molar-refractivity contribution is -0.137. The predicted octanol–water partition coefficient (Wildman–Crippen LogP) is 7.17. The first kappa shape index (κ1) is 37.3. The number of halogens is 4. The van der Waals surface area contributed by atoms with Crippen LogP contribution >= 0.6 is 11.6 Å². The first-order valence-corrected chi connectivity index (χ1v) is 17.4. The van der Waals surface area contributed by atoms with Crippen LogP contribution in [0.1, 0.15) is 66.5 Å². The largest absolute Gasteiger partial charge is 0.481 e. The van der Waals surface area contributed by atoms with E-state index in [4.69, 9.17) is 31.2 Å². The topological polar surface area (TPSA) is 138 Å². The van der Waals surface area contributed by atoms with Crippen molar-refractivity contribution in [3.8, 4) is 34.1 Å². The summed E-state index contributed by atoms with van der Waals surface area (Å²) < 4.78 is 54.1. The average molecular weight is 740 g/mol. The molecule has 0 saturated heterocycles. The van der Waals surface area contributed by atoms with E-state index in [2.05, 4.69) is 20.9 Å². The van der Waals surface area contributed by atoms with Crippen molar-refractivity contribution in [2.45, 2.75) is 76.0 Å². The Morgan fingerprint density at radius 3 is 2.37 bits per heavy atom. The number of alkyl halides is 3. The van der Waals surface area contributed by atoms with E-state index < -0.39 is 29.4 Å². The lowest BCUT2D eigenvalue weighted by Gasteiger charge is -2.41. The fraction of sp³-hybridized carbons (Fsp3) is 0.395. The smallest absolute Gasteiger partial charge is 0.419 e. The second kappa shape index (κ2) is 15.3. The highest BCUT2D eigenvalue weighted by molar-refractivity contribution is 6.36. The Labute approximate surface area is 304 Å². The van der Waals surface area contributed by atoms with E-state index in [9.17, 15) is 23.1 Å².